The van der Waals surface area contributed by atoms with Crippen molar-refractivity contribution in [2.75, 3.05) is 0 Å². The highest BCUT2D eigenvalue weighted by Crippen LogP contribution is 2.47. The average Bonchev–Trinajstić information content (AvgIpc) is 2.86. The Hall–Kier alpha value is -2.03. The van der Waals surface area contributed by atoms with Crippen LogP contribution in [0.1, 0.15) is 11.6 Å². The van der Waals surface area contributed by atoms with E-state index in [1.54, 1.807) is 30.3 Å². The van der Waals surface area contributed by atoms with Crippen molar-refractivity contribution < 1.29 is 19.5 Å². The molecule has 1 aromatic carbocycles. The molecule has 0 bridgehead atoms. The molecule has 3 rings (SSSR count). The summed E-state index contributed by atoms with van der Waals surface area (Å²) in [6.07, 6.45) is 0. The number of nitrogens with zero attached hydrogens (tertiary/aromatic N) is 1. The van der Waals surface area contributed by atoms with E-state index in [-0.39, 0.29) is 10.1 Å². The van der Waals surface area contributed by atoms with Gasteiger partial charge in [0, 0.05) is 0 Å². The van der Waals surface area contributed by atoms with Gasteiger partial charge in [0.2, 0.25) is 5.91 Å². The minimum absolute atomic E-state index is 0.0277. The van der Waals surface area contributed by atoms with Crippen LogP contribution < -0.4 is 11.1 Å². The molecule has 120 valence electrons. The van der Waals surface area contributed by atoms with Crippen molar-refractivity contribution in [2.45, 2.75) is 17.5 Å². The third kappa shape index (κ3) is 2.58. The molecule has 23 heavy (non-hydrogen) atoms. The summed E-state index contributed by atoms with van der Waals surface area (Å²) in [7, 11) is 0. The van der Waals surface area contributed by atoms with Gasteiger partial charge in [-0.25, -0.2) is 4.79 Å². The Kier molecular flexibility index (Phi) is 4.05. The predicted octanol–water partition coefficient (Wildman–Crippen LogP) is 0.579. The Balaban J connectivity index is 1.69. The zero-order chi connectivity index (χ0) is 16.7. The molecule has 2 aliphatic rings. The molecule has 2 unspecified atom stereocenters. The van der Waals surface area contributed by atoms with Gasteiger partial charge >= 0.3 is 5.97 Å². The Labute approximate surface area is 140 Å². The molecule has 4 N–H and O–H groups in total. The lowest BCUT2D eigenvalue weighted by Gasteiger charge is -2.42. The molecular weight excluding hydrogens is 342 g/mol. The average molecular weight is 354 g/mol. The van der Waals surface area contributed by atoms with E-state index in [4.69, 9.17) is 22.4 Å². The van der Waals surface area contributed by atoms with E-state index in [2.05, 4.69) is 5.32 Å². The Morgan fingerprint density at radius 1 is 1.35 bits per heavy atom. The van der Waals surface area contributed by atoms with Crippen molar-refractivity contribution in [1.29, 1.82) is 0 Å². The lowest BCUT2D eigenvalue weighted by molar-refractivity contribution is -0.150. The minimum atomic E-state index is -1.27. The van der Waals surface area contributed by atoms with Crippen LogP contribution in [0.4, 0.5) is 0 Å². The number of β-lactam (4-membered cyclic amide) rings is 1. The number of aliphatic carboxylic acids is 1. The Morgan fingerprint density at radius 3 is 2.61 bits per heavy atom. The van der Waals surface area contributed by atoms with Crippen LogP contribution >= 0.6 is 23.4 Å². The van der Waals surface area contributed by atoms with E-state index in [1.807, 2.05) is 0 Å². The van der Waals surface area contributed by atoms with Gasteiger partial charge in [0.25, 0.3) is 5.91 Å². The van der Waals surface area contributed by atoms with Gasteiger partial charge in [-0.1, -0.05) is 53.7 Å². The number of nitrogens with two attached hydrogens (primary N) is 1. The number of fused-ring (bicyclic) bond motifs is 1. The van der Waals surface area contributed by atoms with Gasteiger partial charge in [0.05, 0.1) is 0 Å². The summed E-state index contributed by atoms with van der Waals surface area (Å²) >= 11 is 6.89. The molecule has 0 spiro atoms. The topological polar surface area (TPSA) is 113 Å². The number of rotatable bonds is 4. The van der Waals surface area contributed by atoms with Crippen molar-refractivity contribution in [3.05, 3.63) is 46.0 Å². The zero-order valence-corrected chi connectivity index (χ0v) is 13.2. The normalized spacial score (nSPS) is 24.1. The standard InChI is InChI=1S/C14H12ClN3O4S/c15-10-9(14(21)22)18-12(20)8(13(18)23-10)17-11(19)7(16)6-4-2-1-3-5-6/h1-5,7-8,13H,16H2,(H,17,19)(H,21,22)/t7?,8?,13-/m1/s1. The number of thioether (sulfide) groups is 1. The highest BCUT2D eigenvalue weighted by atomic mass is 35.5. The number of carboxylic acid groups (broad SMARTS) is 1. The second-order valence-corrected chi connectivity index (χ2v) is 6.75. The second kappa shape index (κ2) is 5.88. The highest BCUT2D eigenvalue weighted by Gasteiger charge is 2.56. The van der Waals surface area contributed by atoms with Crippen LogP contribution in [0, 0.1) is 0 Å². The monoisotopic (exact) mass is 353 g/mol. The molecule has 3 atom stereocenters. The molecule has 1 saturated heterocycles. The van der Waals surface area contributed by atoms with Crippen molar-refractivity contribution in [3.8, 4) is 0 Å². The lowest BCUT2D eigenvalue weighted by Crippen LogP contribution is -2.68. The Morgan fingerprint density at radius 2 is 2.00 bits per heavy atom. The molecule has 9 heteroatoms. The van der Waals surface area contributed by atoms with Gasteiger partial charge in [-0.15, -0.1) is 0 Å². The number of carboxylic acids is 1. The highest BCUT2D eigenvalue weighted by molar-refractivity contribution is 8.05. The van der Waals surface area contributed by atoms with E-state index in [1.165, 1.54) is 0 Å². The number of nitrogens with one attached hydrogen (secondary N) is 1. The van der Waals surface area contributed by atoms with Crippen LogP contribution in [0.2, 0.25) is 0 Å². The van der Waals surface area contributed by atoms with E-state index in [9.17, 15) is 14.4 Å². The smallest absolute Gasteiger partial charge is 0.354 e. The zero-order valence-electron chi connectivity index (χ0n) is 11.6. The maximum absolute atomic E-state index is 12.2. The molecule has 1 fully saturated rings. The summed E-state index contributed by atoms with van der Waals surface area (Å²) in [6, 6.07) is 7.00. The van der Waals surface area contributed by atoms with Gasteiger partial charge in [-0.3, -0.25) is 14.5 Å². The van der Waals surface area contributed by atoms with Gasteiger partial charge in [-0.2, -0.15) is 0 Å². The van der Waals surface area contributed by atoms with E-state index in [0.717, 1.165) is 16.7 Å². The first-order valence-corrected chi connectivity index (χ1v) is 7.91. The molecule has 1 aromatic rings. The molecule has 7 nitrogen and oxygen atoms in total. The first-order valence-electron chi connectivity index (χ1n) is 6.65. The summed E-state index contributed by atoms with van der Waals surface area (Å²) in [5, 5.41) is 11.1. The Bertz CT molecular complexity index is 724. The van der Waals surface area contributed by atoms with E-state index in [0.29, 0.717) is 5.56 Å². The summed E-state index contributed by atoms with van der Waals surface area (Å²) < 4.78 is 0.0277. The first kappa shape index (κ1) is 15.9. The van der Waals surface area contributed by atoms with Crippen molar-refractivity contribution >= 4 is 41.1 Å². The predicted molar refractivity (Wildman–Crippen MR) is 84.0 cm³/mol. The quantitative estimate of drug-likeness (QED) is 0.682. The fourth-order valence-electron chi connectivity index (χ4n) is 2.45. The minimum Gasteiger partial charge on any atom is -0.477 e. The molecule has 0 saturated carbocycles. The summed E-state index contributed by atoms with van der Waals surface area (Å²) in [5.74, 6) is -2.29. The van der Waals surface area contributed by atoms with Gasteiger partial charge in [0.1, 0.15) is 21.8 Å². The molecule has 0 aliphatic carbocycles. The lowest BCUT2D eigenvalue weighted by atomic mass is 10.0. The van der Waals surface area contributed by atoms with Crippen LogP contribution in [0.3, 0.4) is 0 Å². The fourth-order valence-corrected chi connectivity index (χ4v) is 4.04. The van der Waals surface area contributed by atoms with E-state index < -0.39 is 35.2 Å². The third-order valence-electron chi connectivity index (χ3n) is 3.64. The van der Waals surface area contributed by atoms with Crippen LogP contribution in [0.15, 0.2) is 40.4 Å². The maximum Gasteiger partial charge on any atom is 0.354 e. The summed E-state index contributed by atoms with van der Waals surface area (Å²) in [4.78, 5) is 36.5. The van der Waals surface area contributed by atoms with Crippen molar-refractivity contribution in [1.82, 2.24) is 10.2 Å². The molecule has 0 aromatic heterocycles. The van der Waals surface area contributed by atoms with Crippen molar-refractivity contribution in [2.24, 2.45) is 5.73 Å². The largest absolute Gasteiger partial charge is 0.477 e. The van der Waals surface area contributed by atoms with Gasteiger partial charge in [0.15, 0.2) is 5.70 Å². The molecule has 2 heterocycles. The number of carbonyl (C=O) groups is 3. The number of amides is 2. The molecule has 0 radical (unpaired) electrons. The molecule has 2 aliphatic heterocycles. The number of hydrogen-bond acceptors (Lipinski definition) is 5. The van der Waals surface area contributed by atoms with Crippen LogP contribution in [0.25, 0.3) is 0 Å². The second-order valence-electron chi connectivity index (χ2n) is 5.02. The van der Waals surface area contributed by atoms with Crippen LogP contribution in [-0.2, 0) is 14.4 Å². The number of halogens is 1. The van der Waals surface area contributed by atoms with Crippen LogP contribution in [0.5, 0.6) is 0 Å². The SMILES string of the molecule is NC(C(=O)NC1C(=O)N2C(C(=O)O)=C(Cl)S[C@H]12)c1ccccc1. The number of carbonyl (C=O) groups excluding carboxylic acids is 2. The first-order chi connectivity index (χ1) is 10.9. The summed E-state index contributed by atoms with van der Waals surface area (Å²) in [6.45, 7) is 0. The van der Waals surface area contributed by atoms with Gasteiger partial charge < -0.3 is 16.2 Å². The van der Waals surface area contributed by atoms with Gasteiger partial charge in [-0.05, 0) is 5.56 Å². The van der Waals surface area contributed by atoms with Crippen molar-refractivity contribution in [3.63, 3.8) is 0 Å². The number of hydrogen-bond donors (Lipinski definition) is 3. The van der Waals surface area contributed by atoms with Crippen LogP contribution in [-0.4, -0.2) is 39.2 Å². The van der Waals surface area contributed by atoms with E-state index >= 15 is 0 Å². The number of benzene rings is 1. The fraction of sp³-hybridized carbons (Fsp3) is 0.214. The maximum atomic E-state index is 12.2. The molecular formula is C14H12ClN3O4S. The third-order valence-corrected chi connectivity index (χ3v) is 5.21. The molecule has 2 amide bonds. The summed E-state index contributed by atoms with van der Waals surface area (Å²) in [5.41, 5.74) is 6.25.